The van der Waals surface area contributed by atoms with Gasteiger partial charge in [-0.3, -0.25) is 0 Å². The lowest BCUT2D eigenvalue weighted by Gasteiger charge is -2.17. The van der Waals surface area contributed by atoms with Gasteiger partial charge >= 0.3 is 0 Å². The van der Waals surface area contributed by atoms with Crippen LogP contribution < -0.4 is 5.32 Å². The summed E-state index contributed by atoms with van der Waals surface area (Å²) >= 11 is 3.55. The van der Waals surface area contributed by atoms with Crippen LogP contribution in [0.4, 0.5) is 0 Å². The molecule has 1 N–H and O–H groups in total. The van der Waals surface area contributed by atoms with E-state index in [1.54, 1.807) is 0 Å². The van der Waals surface area contributed by atoms with Gasteiger partial charge in [-0.25, -0.2) is 4.98 Å². The molecular formula is C16H22BrN3. The fraction of sp³-hybridized carbons (Fsp3) is 0.562. The highest BCUT2D eigenvalue weighted by Crippen LogP contribution is 2.28. The Morgan fingerprint density at radius 3 is 3.10 bits per heavy atom. The van der Waals surface area contributed by atoms with Gasteiger partial charge in [-0.15, -0.1) is 0 Å². The number of benzene rings is 1. The summed E-state index contributed by atoms with van der Waals surface area (Å²) < 4.78 is 3.51. The first kappa shape index (κ1) is 14.1. The number of hydrogen-bond acceptors (Lipinski definition) is 2. The van der Waals surface area contributed by atoms with Crippen LogP contribution in [0.3, 0.4) is 0 Å². The lowest BCUT2D eigenvalue weighted by atomic mass is 10.1. The minimum absolute atomic E-state index is 0.412. The Hall–Kier alpha value is -0.870. The summed E-state index contributed by atoms with van der Waals surface area (Å²) in [5.74, 6) is 1.22. The molecule has 1 aromatic heterocycles. The molecular weight excluding hydrogens is 314 g/mol. The van der Waals surface area contributed by atoms with Crippen LogP contribution in [0.1, 0.15) is 50.9 Å². The summed E-state index contributed by atoms with van der Waals surface area (Å²) in [6.07, 6.45) is 6.27. The second-order valence-corrected chi connectivity index (χ2v) is 6.53. The van der Waals surface area contributed by atoms with E-state index >= 15 is 0 Å². The number of nitrogens with one attached hydrogen (secondary N) is 1. The van der Waals surface area contributed by atoms with E-state index in [4.69, 9.17) is 4.98 Å². The van der Waals surface area contributed by atoms with Crippen molar-refractivity contribution in [2.75, 3.05) is 6.54 Å². The third kappa shape index (κ3) is 2.77. The average Bonchev–Trinajstić information content (AvgIpc) is 2.64. The van der Waals surface area contributed by atoms with Crippen LogP contribution in [-0.4, -0.2) is 16.1 Å². The SMILES string of the molecule is CCCn1c(C2CCCCCN2)nc2cc(Br)ccc21. The Labute approximate surface area is 128 Å². The van der Waals surface area contributed by atoms with Gasteiger partial charge in [0.15, 0.2) is 0 Å². The molecule has 0 saturated carbocycles. The lowest BCUT2D eigenvalue weighted by Crippen LogP contribution is -2.23. The number of hydrogen-bond donors (Lipinski definition) is 1. The molecule has 0 radical (unpaired) electrons. The Morgan fingerprint density at radius 1 is 1.35 bits per heavy atom. The zero-order chi connectivity index (χ0) is 13.9. The topological polar surface area (TPSA) is 29.9 Å². The number of imidazole rings is 1. The molecule has 1 saturated heterocycles. The van der Waals surface area contributed by atoms with Gasteiger partial charge in [0.05, 0.1) is 17.1 Å². The second-order valence-electron chi connectivity index (χ2n) is 5.61. The molecule has 0 aliphatic carbocycles. The summed E-state index contributed by atoms with van der Waals surface area (Å²) in [5, 5.41) is 3.68. The molecule has 0 bridgehead atoms. The van der Waals surface area contributed by atoms with Crippen LogP contribution in [0.15, 0.2) is 22.7 Å². The van der Waals surface area contributed by atoms with Gasteiger partial charge in [0, 0.05) is 11.0 Å². The second kappa shape index (κ2) is 6.27. The van der Waals surface area contributed by atoms with E-state index in [2.05, 4.69) is 50.9 Å². The van der Waals surface area contributed by atoms with Crippen molar-refractivity contribution in [2.24, 2.45) is 0 Å². The summed E-state index contributed by atoms with van der Waals surface area (Å²) in [6, 6.07) is 6.83. The lowest BCUT2D eigenvalue weighted by molar-refractivity contribution is 0.480. The van der Waals surface area contributed by atoms with Gasteiger partial charge in [0.2, 0.25) is 0 Å². The zero-order valence-electron chi connectivity index (χ0n) is 12.0. The Morgan fingerprint density at radius 2 is 2.25 bits per heavy atom. The zero-order valence-corrected chi connectivity index (χ0v) is 13.6. The van der Waals surface area contributed by atoms with E-state index in [9.17, 15) is 0 Å². The highest BCUT2D eigenvalue weighted by molar-refractivity contribution is 9.10. The Kier molecular flexibility index (Phi) is 4.41. The van der Waals surface area contributed by atoms with Crippen molar-refractivity contribution < 1.29 is 0 Å². The Balaban J connectivity index is 2.05. The highest BCUT2D eigenvalue weighted by Gasteiger charge is 2.20. The van der Waals surface area contributed by atoms with Crippen LogP contribution in [0, 0.1) is 0 Å². The van der Waals surface area contributed by atoms with Crippen LogP contribution in [0.5, 0.6) is 0 Å². The summed E-state index contributed by atoms with van der Waals surface area (Å²) in [6.45, 7) is 4.39. The first-order chi connectivity index (χ1) is 9.79. The van der Waals surface area contributed by atoms with Crippen LogP contribution in [-0.2, 0) is 6.54 Å². The molecule has 0 spiro atoms. The van der Waals surface area contributed by atoms with Gasteiger partial charge in [-0.1, -0.05) is 35.7 Å². The van der Waals surface area contributed by atoms with Gasteiger partial charge in [-0.2, -0.15) is 0 Å². The normalized spacial score (nSPS) is 20.2. The molecule has 1 aromatic carbocycles. The molecule has 3 rings (SSSR count). The molecule has 2 aromatic rings. The third-order valence-electron chi connectivity index (χ3n) is 4.06. The fourth-order valence-corrected chi connectivity index (χ4v) is 3.44. The van der Waals surface area contributed by atoms with Crippen molar-refractivity contribution in [2.45, 2.75) is 51.6 Å². The molecule has 1 atom stereocenters. The maximum atomic E-state index is 4.93. The fourth-order valence-electron chi connectivity index (χ4n) is 3.10. The number of halogens is 1. The van der Waals surface area contributed by atoms with Crippen molar-refractivity contribution in [1.29, 1.82) is 0 Å². The maximum absolute atomic E-state index is 4.93. The van der Waals surface area contributed by atoms with Gasteiger partial charge < -0.3 is 9.88 Å². The van der Waals surface area contributed by atoms with Crippen LogP contribution in [0.2, 0.25) is 0 Å². The average molecular weight is 336 g/mol. The molecule has 0 amide bonds. The van der Waals surface area contributed by atoms with Gasteiger partial charge in [-0.05, 0) is 44.0 Å². The molecule has 1 fully saturated rings. The molecule has 20 heavy (non-hydrogen) atoms. The molecule has 4 heteroatoms. The van der Waals surface area contributed by atoms with E-state index in [0.717, 1.165) is 29.5 Å². The maximum Gasteiger partial charge on any atom is 0.127 e. The molecule has 1 aliphatic rings. The van der Waals surface area contributed by atoms with Crippen molar-refractivity contribution in [1.82, 2.24) is 14.9 Å². The molecule has 3 nitrogen and oxygen atoms in total. The number of nitrogens with zero attached hydrogens (tertiary/aromatic N) is 2. The highest BCUT2D eigenvalue weighted by atomic mass is 79.9. The van der Waals surface area contributed by atoms with Crippen molar-refractivity contribution in [3.05, 3.63) is 28.5 Å². The predicted molar refractivity (Wildman–Crippen MR) is 86.9 cm³/mol. The summed E-state index contributed by atoms with van der Waals surface area (Å²) in [5.41, 5.74) is 2.37. The van der Waals surface area contributed by atoms with Crippen molar-refractivity contribution in [3.63, 3.8) is 0 Å². The summed E-state index contributed by atoms with van der Waals surface area (Å²) in [4.78, 5) is 4.93. The molecule has 1 unspecified atom stereocenters. The van der Waals surface area contributed by atoms with E-state index < -0.39 is 0 Å². The minimum Gasteiger partial charge on any atom is -0.327 e. The van der Waals surface area contributed by atoms with Crippen LogP contribution in [0.25, 0.3) is 11.0 Å². The van der Waals surface area contributed by atoms with E-state index in [-0.39, 0.29) is 0 Å². The first-order valence-corrected chi connectivity index (χ1v) is 8.48. The summed E-state index contributed by atoms with van der Waals surface area (Å²) in [7, 11) is 0. The predicted octanol–water partition coefficient (Wildman–Crippen LogP) is 4.41. The van der Waals surface area contributed by atoms with Crippen molar-refractivity contribution in [3.8, 4) is 0 Å². The monoisotopic (exact) mass is 335 g/mol. The van der Waals surface area contributed by atoms with E-state index in [1.807, 2.05) is 0 Å². The number of rotatable bonds is 3. The number of aromatic nitrogens is 2. The van der Waals surface area contributed by atoms with Crippen molar-refractivity contribution >= 4 is 27.0 Å². The third-order valence-corrected chi connectivity index (χ3v) is 4.55. The minimum atomic E-state index is 0.412. The largest absolute Gasteiger partial charge is 0.327 e. The van der Waals surface area contributed by atoms with E-state index in [1.165, 1.54) is 37.0 Å². The van der Waals surface area contributed by atoms with Gasteiger partial charge in [0.25, 0.3) is 0 Å². The quantitative estimate of drug-likeness (QED) is 0.900. The van der Waals surface area contributed by atoms with E-state index in [0.29, 0.717) is 6.04 Å². The Bertz CT molecular complexity index is 583. The molecule has 2 heterocycles. The number of aryl methyl sites for hydroxylation is 1. The van der Waals surface area contributed by atoms with Gasteiger partial charge in [0.1, 0.15) is 5.82 Å². The first-order valence-electron chi connectivity index (χ1n) is 7.68. The molecule has 1 aliphatic heterocycles. The molecule has 108 valence electrons. The smallest absolute Gasteiger partial charge is 0.127 e. The van der Waals surface area contributed by atoms with Crippen LogP contribution >= 0.6 is 15.9 Å². The number of fused-ring (bicyclic) bond motifs is 1. The standard InChI is InChI=1S/C16H22BrN3/c1-2-10-20-15-8-7-12(17)11-14(15)19-16(20)13-6-4-3-5-9-18-13/h7-8,11,13,18H,2-6,9-10H2,1H3.